The molecule has 2 aliphatic rings. The summed E-state index contributed by atoms with van der Waals surface area (Å²) in [5.41, 5.74) is 1.18. The summed E-state index contributed by atoms with van der Waals surface area (Å²) in [6, 6.07) is 5.31. The fourth-order valence-corrected chi connectivity index (χ4v) is 3.73. The van der Waals surface area contributed by atoms with Crippen LogP contribution in [0.5, 0.6) is 11.5 Å². The van der Waals surface area contributed by atoms with Crippen molar-refractivity contribution in [1.82, 2.24) is 25.0 Å². The highest BCUT2D eigenvalue weighted by Gasteiger charge is 2.27. The molecule has 0 aliphatic carbocycles. The smallest absolute Gasteiger partial charge is 0.254 e. The average Bonchev–Trinajstić information content (AvgIpc) is 3.43. The number of carbonyl (C=O) groups excluding carboxylic acids is 1. The molecule has 4 heterocycles. The number of nitrogens with zero attached hydrogens (tertiary/aromatic N) is 5. The van der Waals surface area contributed by atoms with Gasteiger partial charge in [0.05, 0.1) is 6.20 Å². The molecule has 1 fully saturated rings. The summed E-state index contributed by atoms with van der Waals surface area (Å²) in [4.78, 5) is 27.5. The van der Waals surface area contributed by atoms with Crippen LogP contribution in [0.15, 0.2) is 41.3 Å². The number of fused-ring (bicyclic) bond motifs is 1. The molecule has 0 spiro atoms. The molecule has 2 aliphatic heterocycles. The zero-order valence-electron chi connectivity index (χ0n) is 15.7. The topological polar surface area (TPSA) is 103 Å². The second kappa shape index (κ2) is 7.50. The Bertz CT molecular complexity index is 1020. The standard InChI is InChI=1S/C20H19N5O4/c26-20(14-3-4-16-17(9-14)28-12-27-16)25-7-1-2-13(11-25)8-18-23-19(24-29-18)15-10-21-5-6-22-15/h3-6,9-10,13H,1-2,7-8,11-12H2/t13-/m0/s1. The Kier molecular flexibility index (Phi) is 4.55. The summed E-state index contributed by atoms with van der Waals surface area (Å²) >= 11 is 0. The molecule has 148 valence electrons. The molecule has 1 saturated heterocycles. The van der Waals surface area contributed by atoms with Gasteiger partial charge in [0.25, 0.3) is 5.91 Å². The molecule has 0 N–H and O–H groups in total. The molecular weight excluding hydrogens is 374 g/mol. The fourth-order valence-electron chi connectivity index (χ4n) is 3.73. The van der Waals surface area contributed by atoms with Gasteiger partial charge in [-0.25, -0.2) is 4.98 Å². The van der Waals surface area contributed by atoms with Gasteiger partial charge in [-0.1, -0.05) is 5.16 Å². The minimum absolute atomic E-state index is 0.00113. The van der Waals surface area contributed by atoms with Crippen LogP contribution in [-0.4, -0.2) is 50.8 Å². The van der Waals surface area contributed by atoms with Gasteiger partial charge in [-0.15, -0.1) is 0 Å². The van der Waals surface area contributed by atoms with Crippen LogP contribution in [-0.2, 0) is 6.42 Å². The van der Waals surface area contributed by atoms with Gasteiger partial charge in [0.2, 0.25) is 18.5 Å². The number of piperidine rings is 1. The monoisotopic (exact) mass is 393 g/mol. The zero-order chi connectivity index (χ0) is 19.6. The van der Waals surface area contributed by atoms with E-state index in [-0.39, 0.29) is 18.6 Å². The average molecular weight is 393 g/mol. The van der Waals surface area contributed by atoms with Gasteiger partial charge in [0, 0.05) is 37.5 Å². The van der Waals surface area contributed by atoms with E-state index < -0.39 is 0 Å². The molecule has 9 nitrogen and oxygen atoms in total. The lowest BCUT2D eigenvalue weighted by Crippen LogP contribution is -2.40. The highest BCUT2D eigenvalue weighted by Crippen LogP contribution is 2.33. The summed E-state index contributed by atoms with van der Waals surface area (Å²) in [5.74, 6) is 2.53. The molecule has 29 heavy (non-hydrogen) atoms. The highest BCUT2D eigenvalue weighted by atomic mass is 16.7. The Labute approximate surface area is 166 Å². The predicted octanol–water partition coefficient (Wildman–Crippen LogP) is 2.35. The van der Waals surface area contributed by atoms with E-state index in [9.17, 15) is 4.79 Å². The zero-order valence-corrected chi connectivity index (χ0v) is 15.7. The molecule has 2 aromatic heterocycles. The van der Waals surface area contributed by atoms with Crippen molar-refractivity contribution in [3.05, 3.63) is 48.2 Å². The Morgan fingerprint density at radius 1 is 1.21 bits per heavy atom. The number of aromatic nitrogens is 4. The Balaban J connectivity index is 1.25. The van der Waals surface area contributed by atoms with Crippen LogP contribution in [0.3, 0.4) is 0 Å². The van der Waals surface area contributed by atoms with Crippen molar-refractivity contribution in [3.8, 4) is 23.0 Å². The maximum Gasteiger partial charge on any atom is 0.254 e. The van der Waals surface area contributed by atoms with Crippen molar-refractivity contribution in [1.29, 1.82) is 0 Å². The number of likely N-dealkylation sites (tertiary alicyclic amines) is 1. The molecule has 0 bridgehead atoms. The summed E-state index contributed by atoms with van der Waals surface area (Å²) in [5, 5.41) is 3.99. The normalized spacial score (nSPS) is 18.1. The van der Waals surface area contributed by atoms with Gasteiger partial charge in [0.15, 0.2) is 11.5 Å². The number of rotatable bonds is 4. The van der Waals surface area contributed by atoms with Crippen molar-refractivity contribution in [2.45, 2.75) is 19.3 Å². The van der Waals surface area contributed by atoms with E-state index >= 15 is 0 Å². The number of hydrogen-bond acceptors (Lipinski definition) is 8. The van der Waals surface area contributed by atoms with Crippen molar-refractivity contribution in [3.63, 3.8) is 0 Å². The molecular formula is C20H19N5O4. The summed E-state index contributed by atoms with van der Waals surface area (Å²) in [7, 11) is 0. The molecule has 5 rings (SSSR count). The predicted molar refractivity (Wildman–Crippen MR) is 100 cm³/mol. The third-order valence-corrected chi connectivity index (χ3v) is 5.15. The van der Waals surface area contributed by atoms with E-state index in [0.29, 0.717) is 47.4 Å². The molecule has 1 atom stereocenters. The number of benzene rings is 1. The van der Waals surface area contributed by atoms with Gasteiger partial charge in [-0.05, 0) is 37.0 Å². The minimum atomic E-state index is -0.00113. The second-order valence-corrected chi connectivity index (χ2v) is 7.13. The molecule has 0 unspecified atom stereocenters. The van der Waals surface area contributed by atoms with Crippen LogP contribution in [0.25, 0.3) is 11.5 Å². The Morgan fingerprint density at radius 2 is 2.14 bits per heavy atom. The lowest BCUT2D eigenvalue weighted by atomic mass is 9.94. The van der Waals surface area contributed by atoms with Crippen LogP contribution < -0.4 is 9.47 Å². The molecule has 0 saturated carbocycles. The Hall–Kier alpha value is -3.49. The summed E-state index contributed by atoms with van der Waals surface area (Å²) in [6.07, 6.45) is 7.35. The number of ether oxygens (including phenoxy) is 2. The first-order valence-electron chi connectivity index (χ1n) is 9.54. The van der Waals surface area contributed by atoms with Crippen molar-refractivity contribution in [2.24, 2.45) is 5.92 Å². The third-order valence-electron chi connectivity index (χ3n) is 5.15. The van der Waals surface area contributed by atoms with Crippen molar-refractivity contribution >= 4 is 5.91 Å². The lowest BCUT2D eigenvalue weighted by Gasteiger charge is -2.32. The van der Waals surface area contributed by atoms with Crippen LogP contribution in [0.1, 0.15) is 29.1 Å². The van der Waals surface area contributed by atoms with Gasteiger partial charge < -0.3 is 18.9 Å². The van der Waals surface area contributed by atoms with Crippen LogP contribution in [0.4, 0.5) is 0 Å². The first-order chi connectivity index (χ1) is 14.3. The van der Waals surface area contributed by atoms with Crippen LogP contribution in [0.2, 0.25) is 0 Å². The first-order valence-corrected chi connectivity index (χ1v) is 9.54. The van der Waals surface area contributed by atoms with E-state index in [1.807, 2.05) is 4.90 Å². The molecule has 1 amide bonds. The van der Waals surface area contributed by atoms with Gasteiger partial charge in [-0.2, -0.15) is 4.98 Å². The largest absolute Gasteiger partial charge is 0.454 e. The number of carbonyl (C=O) groups is 1. The van der Waals surface area contributed by atoms with E-state index in [1.165, 1.54) is 0 Å². The SMILES string of the molecule is O=C(c1ccc2c(c1)OCO2)N1CCC[C@@H](Cc2nc(-c3cnccn3)no2)C1. The van der Waals surface area contributed by atoms with Crippen LogP contribution >= 0.6 is 0 Å². The summed E-state index contributed by atoms with van der Waals surface area (Å²) in [6.45, 7) is 1.58. The third kappa shape index (κ3) is 3.63. The second-order valence-electron chi connectivity index (χ2n) is 7.13. The highest BCUT2D eigenvalue weighted by molar-refractivity contribution is 5.95. The number of amides is 1. The van der Waals surface area contributed by atoms with Gasteiger partial charge >= 0.3 is 0 Å². The van der Waals surface area contributed by atoms with Gasteiger partial charge in [-0.3, -0.25) is 9.78 Å². The summed E-state index contributed by atoms with van der Waals surface area (Å²) < 4.78 is 16.1. The molecule has 0 radical (unpaired) electrons. The van der Waals surface area contributed by atoms with Crippen LogP contribution in [0, 0.1) is 5.92 Å². The van der Waals surface area contributed by atoms with E-state index in [4.69, 9.17) is 14.0 Å². The quantitative estimate of drug-likeness (QED) is 0.665. The van der Waals surface area contributed by atoms with E-state index in [1.54, 1.807) is 36.8 Å². The van der Waals surface area contributed by atoms with E-state index in [2.05, 4.69) is 20.1 Å². The van der Waals surface area contributed by atoms with Gasteiger partial charge in [0.1, 0.15) is 5.69 Å². The molecule has 3 aromatic rings. The Morgan fingerprint density at radius 3 is 3.03 bits per heavy atom. The first kappa shape index (κ1) is 17.6. The molecule has 1 aromatic carbocycles. The minimum Gasteiger partial charge on any atom is -0.454 e. The molecule has 9 heteroatoms. The maximum atomic E-state index is 12.9. The lowest BCUT2D eigenvalue weighted by molar-refractivity contribution is 0.0667. The fraction of sp³-hybridized carbons (Fsp3) is 0.350. The maximum absolute atomic E-state index is 12.9. The van der Waals surface area contributed by atoms with E-state index in [0.717, 1.165) is 19.4 Å². The van der Waals surface area contributed by atoms with Crippen molar-refractivity contribution in [2.75, 3.05) is 19.9 Å². The number of hydrogen-bond donors (Lipinski definition) is 0. The van der Waals surface area contributed by atoms with Crippen molar-refractivity contribution < 1.29 is 18.8 Å².